The van der Waals surface area contributed by atoms with Crippen LogP contribution in [0.5, 0.6) is 0 Å². The monoisotopic (exact) mass is 310 g/mol. The molecule has 0 spiro atoms. The number of nitrogens with one attached hydrogen (secondary N) is 2. The molecule has 3 amide bonds. The average molecular weight is 310 g/mol. The van der Waals surface area contributed by atoms with E-state index in [4.69, 9.17) is 0 Å². The summed E-state index contributed by atoms with van der Waals surface area (Å²) in [6, 6.07) is 0.343. The fraction of sp³-hybridized carbons (Fsp3) is 0.875. The van der Waals surface area contributed by atoms with Crippen LogP contribution in [0, 0.1) is 0 Å². The normalized spacial score (nSPS) is 21.8. The summed E-state index contributed by atoms with van der Waals surface area (Å²) < 4.78 is 0. The molecule has 1 saturated carbocycles. The summed E-state index contributed by atoms with van der Waals surface area (Å²) >= 11 is 0. The molecule has 1 aliphatic heterocycles. The minimum atomic E-state index is -0.415. The number of hydrogen-bond acceptors (Lipinski definition) is 4. The third-order valence-corrected chi connectivity index (χ3v) is 4.36. The van der Waals surface area contributed by atoms with Gasteiger partial charge < -0.3 is 5.32 Å². The van der Waals surface area contributed by atoms with Crippen molar-refractivity contribution in [3.05, 3.63) is 0 Å². The van der Waals surface area contributed by atoms with Gasteiger partial charge in [-0.1, -0.05) is 12.8 Å². The van der Waals surface area contributed by atoms with Crippen molar-refractivity contribution in [3.8, 4) is 0 Å². The number of amides is 3. The van der Waals surface area contributed by atoms with Crippen molar-refractivity contribution >= 4 is 11.9 Å². The molecule has 0 aromatic carbocycles. The van der Waals surface area contributed by atoms with E-state index >= 15 is 0 Å². The minimum absolute atomic E-state index is 0.226. The molecule has 0 radical (unpaired) electrons. The van der Waals surface area contributed by atoms with Gasteiger partial charge >= 0.3 is 6.03 Å². The molecule has 2 fully saturated rings. The van der Waals surface area contributed by atoms with Crippen LogP contribution in [0.2, 0.25) is 0 Å². The maximum Gasteiger partial charge on any atom is 0.321 e. The van der Waals surface area contributed by atoms with E-state index in [9.17, 15) is 9.59 Å². The van der Waals surface area contributed by atoms with Crippen molar-refractivity contribution in [2.24, 2.45) is 0 Å². The van der Waals surface area contributed by atoms with Gasteiger partial charge in [-0.15, -0.1) is 0 Å². The van der Waals surface area contributed by atoms with Crippen LogP contribution in [-0.4, -0.2) is 66.0 Å². The molecule has 1 aliphatic carbocycles. The molecule has 0 atom stereocenters. The molecule has 1 heterocycles. The first kappa shape index (κ1) is 17.2. The summed E-state index contributed by atoms with van der Waals surface area (Å²) in [6.07, 6.45) is 5.37. The van der Waals surface area contributed by atoms with Crippen molar-refractivity contribution in [2.45, 2.75) is 58.0 Å². The molecule has 2 rings (SSSR count). The number of rotatable bonds is 3. The summed E-state index contributed by atoms with van der Waals surface area (Å²) in [5.41, 5.74) is -0.336. The van der Waals surface area contributed by atoms with Crippen molar-refractivity contribution in [3.63, 3.8) is 0 Å². The zero-order chi connectivity index (χ0) is 16.2. The number of imide groups is 1. The van der Waals surface area contributed by atoms with Crippen LogP contribution in [0.1, 0.15) is 46.5 Å². The lowest BCUT2D eigenvalue weighted by Gasteiger charge is -2.37. The minimum Gasteiger partial charge on any atom is -0.333 e. The summed E-state index contributed by atoms with van der Waals surface area (Å²) in [7, 11) is 0. The Kier molecular flexibility index (Phi) is 5.81. The van der Waals surface area contributed by atoms with Crippen molar-refractivity contribution < 1.29 is 9.59 Å². The first-order valence-electron chi connectivity index (χ1n) is 8.42. The molecule has 2 aliphatic rings. The lowest BCUT2D eigenvalue weighted by molar-refractivity contribution is -0.121. The molecule has 6 nitrogen and oxygen atoms in total. The van der Waals surface area contributed by atoms with Crippen LogP contribution >= 0.6 is 0 Å². The highest BCUT2D eigenvalue weighted by Gasteiger charge is 2.27. The van der Waals surface area contributed by atoms with E-state index in [1.807, 2.05) is 20.8 Å². The predicted octanol–water partition coefficient (Wildman–Crippen LogP) is 1.17. The standard InChI is InChI=1S/C16H30N4O2/c1-16(2,3)18-15(22)17-14(21)12-19-8-10-20(11-9-19)13-6-4-5-7-13/h13H,4-12H2,1-3H3,(H2,17,18,21,22). The highest BCUT2D eigenvalue weighted by Crippen LogP contribution is 2.24. The molecule has 0 bridgehead atoms. The molecule has 126 valence electrons. The Hall–Kier alpha value is -1.14. The fourth-order valence-corrected chi connectivity index (χ4v) is 3.30. The van der Waals surface area contributed by atoms with E-state index < -0.39 is 6.03 Å². The van der Waals surface area contributed by atoms with Gasteiger partial charge in [0.05, 0.1) is 6.54 Å². The van der Waals surface area contributed by atoms with Crippen LogP contribution < -0.4 is 10.6 Å². The molecule has 0 aromatic heterocycles. The third kappa shape index (κ3) is 5.57. The molecular weight excluding hydrogens is 280 g/mol. The second-order valence-electron chi connectivity index (χ2n) is 7.50. The Morgan fingerprint density at radius 2 is 1.64 bits per heavy atom. The lowest BCUT2D eigenvalue weighted by Crippen LogP contribution is -2.54. The molecule has 0 aromatic rings. The largest absolute Gasteiger partial charge is 0.333 e. The van der Waals surface area contributed by atoms with Crippen molar-refractivity contribution in [1.82, 2.24) is 20.4 Å². The van der Waals surface area contributed by atoms with Gasteiger partial charge in [0.15, 0.2) is 0 Å². The number of hydrogen-bond donors (Lipinski definition) is 2. The first-order chi connectivity index (χ1) is 10.3. The quantitative estimate of drug-likeness (QED) is 0.821. The second kappa shape index (κ2) is 7.42. The Labute approximate surface area is 133 Å². The van der Waals surface area contributed by atoms with Crippen LogP contribution in [0.3, 0.4) is 0 Å². The number of nitrogens with zero attached hydrogens (tertiary/aromatic N) is 2. The predicted molar refractivity (Wildman–Crippen MR) is 86.7 cm³/mol. The highest BCUT2D eigenvalue weighted by molar-refractivity contribution is 5.95. The fourth-order valence-electron chi connectivity index (χ4n) is 3.30. The Balaban J connectivity index is 1.67. The van der Waals surface area contributed by atoms with E-state index in [2.05, 4.69) is 20.4 Å². The van der Waals surface area contributed by atoms with Gasteiger partial charge in [-0.05, 0) is 33.6 Å². The summed E-state index contributed by atoms with van der Waals surface area (Å²) in [4.78, 5) is 28.3. The second-order valence-corrected chi connectivity index (χ2v) is 7.50. The van der Waals surface area contributed by atoms with Crippen LogP contribution in [0.4, 0.5) is 4.79 Å². The maximum absolute atomic E-state index is 11.9. The first-order valence-corrected chi connectivity index (χ1v) is 8.42. The van der Waals surface area contributed by atoms with Gasteiger partial charge in [-0.2, -0.15) is 0 Å². The third-order valence-electron chi connectivity index (χ3n) is 4.36. The van der Waals surface area contributed by atoms with Gasteiger partial charge in [0.25, 0.3) is 0 Å². The van der Waals surface area contributed by atoms with E-state index in [1.165, 1.54) is 25.7 Å². The van der Waals surface area contributed by atoms with Gasteiger partial charge in [0.1, 0.15) is 0 Å². The zero-order valence-corrected chi connectivity index (χ0v) is 14.2. The van der Waals surface area contributed by atoms with Crippen LogP contribution in [0.25, 0.3) is 0 Å². The van der Waals surface area contributed by atoms with Gasteiger partial charge in [0.2, 0.25) is 5.91 Å². The number of urea groups is 1. The summed E-state index contributed by atoms with van der Waals surface area (Å²) in [5.74, 6) is -0.226. The Morgan fingerprint density at radius 1 is 1.05 bits per heavy atom. The zero-order valence-electron chi connectivity index (χ0n) is 14.2. The molecule has 2 N–H and O–H groups in total. The summed E-state index contributed by atoms with van der Waals surface area (Å²) in [6.45, 7) is 9.85. The van der Waals surface area contributed by atoms with E-state index in [-0.39, 0.29) is 11.4 Å². The van der Waals surface area contributed by atoms with E-state index in [0.29, 0.717) is 6.54 Å². The van der Waals surface area contributed by atoms with E-state index in [0.717, 1.165) is 32.2 Å². The smallest absolute Gasteiger partial charge is 0.321 e. The van der Waals surface area contributed by atoms with Gasteiger partial charge in [-0.3, -0.25) is 19.9 Å². The molecule has 22 heavy (non-hydrogen) atoms. The molecular formula is C16H30N4O2. The number of carbonyl (C=O) groups excluding carboxylic acids is 2. The summed E-state index contributed by atoms with van der Waals surface area (Å²) in [5, 5.41) is 5.14. The lowest BCUT2D eigenvalue weighted by atomic mass is 10.1. The molecule has 1 saturated heterocycles. The topological polar surface area (TPSA) is 64.7 Å². The highest BCUT2D eigenvalue weighted by atomic mass is 16.2. The number of carbonyl (C=O) groups is 2. The van der Waals surface area contributed by atoms with Gasteiger partial charge in [0, 0.05) is 37.8 Å². The maximum atomic E-state index is 11.9. The van der Waals surface area contributed by atoms with Crippen molar-refractivity contribution in [1.29, 1.82) is 0 Å². The molecule has 6 heteroatoms. The average Bonchev–Trinajstić information content (AvgIpc) is 2.90. The van der Waals surface area contributed by atoms with Gasteiger partial charge in [-0.25, -0.2) is 4.79 Å². The Bertz CT molecular complexity index is 391. The Morgan fingerprint density at radius 3 is 2.18 bits per heavy atom. The van der Waals surface area contributed by atoms with E-state index in [1.54, 1.807) is 0 Å². The van der Waals surface area contributed by atoms with Crippen molar-refractivity contribution in [2.75, 3.05) is 32.7 Å². The van der Waals surface area contributed by atoms with Crippen LogP contribution in [0.15, 0.2) is 0 Å². The SMILES string of the molecule is CC(C)(C)NC(=O)NC(=O)CN1CCN(C2CCCC2)CC1. The molecule has 0 unspecified atom stereocenters. The number of piperazine rings is 1. The van der Waals surface area contributed by atoms with Crippen LogP contribution in [-0.2, 0) is 4.79 Å².